The number of fused-ring (bicyclic) bond motifs is 1. The molecule has 0 bridgehead atoms. The Balaban J connectivity index is 0.00000107. The predicted octanol–water partition coefficient (Wildman–Crippen LogP) is 4.33. The van der Waals surface area contributed by atoms with Crippen LogP contribution in [-0.2, 0) is 11.8 Å². The summed E-state index contributed by atoms with van der Waals surface area (Å²) < 4.78 is 18.4. The Morgan fingerprint density at radius 3 is 2.32 bits per heavy atom. The number of phenols is 1. The Morgan fingerprint density at radius 2 is 1.71 bits per heavy atom. The highest BCUT2D eigenvalue weighted by atomic mass is 19.1. The van der Waals surface area contributed by atoms with Gasteiger partial charge < -0.3 is 20.1 Å². The normalized spacial score (nSPS) is 16.6. The fourth-order valence-corrected chi connectivity index (χ4v) is 5.51. The lowest BCUT2D eigenvalue weighted by molar-refractivity contribution is -0.122. The van der Waals surface area contributed by atoms with Gasteiger partial charge in [-0.3, -0.25) is 14.0 Å². The van der Waals surface area contributed by atoms with Crippen molar-refractivity contribution < 1.29 is 19.4 Å². The first-order chi connectivity index (χ1) is 17.8. The van der Waals surface area contributed by atoms with Crippen molar-refractivity contribution in [3.8, 4) is 28.1 Å². The van der Waals surface area contributed by atoms with Crippen LogP contribution in [0.4, 0.5) is 4.39 Å². The number of rotatable bonds is 3. The fourth-order valence-electron chi connectivity index (χ4n) is 5.51. The van der Waals surface area contributed by atoms with E-state index in [0.29, 0.717) is 22.6 Å². The quantitative estimate of drug-likeness (QED) is 0.343. The monoisotopic (exact) mass is 521 g/mol. The Kier molecular flexibility index (Phi) is 7.12. The zero-order valence-electron chi connectivity index (χ0n) is 22.1. The van der Waals surface area contributed by atoms with Crippen molar-refractivity contribution in [2.45, 2.75) is 57.5 Å². The minimum atomic E-state index is -0.619. The van der Waals surface area contributed by atoms with Gasteiger partial charge in [0.05, 0.1) is 11.3 Å². The predicted molar refractivity (Wildman–Crippen MR) is 143 cm³/mol. The number of carboxylic acid groups (broad SMARTS) is 1. The van der Waals surface area contributed by atoms with Crippen LogP contribution in [0.1, 0.15) is 52.1 Å². The maximum atomic E-state index is 15.2. The van der Waals surface area contributed by atoms with Gasteiger partial charge in [0.1, 0.15) is 11.6 Å². The number of hydrogen-bond donors (Lipinski definition) is 3. The van der Waals surface area contributed by atoms with Gasteiger partial charge in [0.2, 0.25) is 5.78 Å². The highest BCUT2D eigenvalue weighted by Gasteiger charge is 2.38. The number of imidazole rings is 1. The first-order valence-corrected chi connectivity index (χ1v) is 12.3. The molecular weight excluding hydrogens is 489 g/mol. The lowest BCUT2D eigenvalue weighted by Gasteiger charge is -2.46. The Bertz CT molecular complexity index is 1520. The first kappa shape index (κ1) is 27.0. The molecule has 5 rings (SSSR count). The number of piperidine rings is 1. The number of aromatic nitrogens is 4. The molecule has 200 valence electrons. The second-order valence-electron chi connectivity index (χ2n) is 11.0. The SMILES string of the molecule is Cn1ccc(-c2cc(O)c(-c3cn4ccc(C5CC(C)(C)NC(C)(C)C5)nc4n3)c(F)c2)cc1=O.O=CO. The zero-order valence-corrected chi connectivity index (χ0v) is 22.1. The van der Waals surface area contributed by atoms with E-state index in [1.807, 2.05) is 12.3 Å². The van der Waals surface area contributed by atoms with Gasteiger partial charge in [-0.05, 0) is 75.9 Å². The van der Waals surface area contributed by atoms with Gasteiger partial charge in [-0.25, -0.2) is 14.4 Å². The highest BCUT2D eigenvalue weighted by Crippen LogP contribution is 2.39. The fraction of sp³-hybridized carbons (Fsp3) is 0.357. The molecule has 38 heavy (non-hydrogen) atoms. The van der Waals surface area contributed by atoms with Gasteiger partial charge >= 0.3 is 0 Å². The third kappa shape index (κ3) is 5.60. The largest absolute Gasteiger partial charge is 0.507 e. The number of phenolic OH excluding ortho intramolecular Hbond substituents is 1. The number of nitrogens with zero attached hydrogens (tertiary/aromatic N) is 4. The molecule has 1 aliphatic rings. The number of halogens is 1. The molecule has 1 fully saturated rings. The van der Waals surface area contributed by atoms with E-state index in [2.05, 4.69) is 38.0 Å². The van der Waals surface area contributed by atoms with Crippen LogP contribution in [0, 0.1) is 5.82 Å². The summed E-state index contributed by atoms with van der Waals surface area (Å²) in [6, 6.07) is 7.87. The van der Waals surface area contributed by atoms with Gasteiger partial charge in [0.15, 0.2) is 0 Å². The molecule has 0 spiro atoms. The molecule has 0 atom stereocenters. The van der Waals surface area contributed by atoms with E-state index in [1.54, 1.807) is 29.9 Å². The summed E-state index contributed by atoms with van der Waals surface area (Å²) in [4.78, 5) is 29.7. The Hall–Kier alpha value is -4.05. The maximum Gasteiger partial charge on any atom is 0.290 e. The van der Waals surface area contributed by atoms with Crippen LogP contribution in [-0.4, -0.2) is 46.7 Å². The molecule has 9 nitrogen and oxygen atoms in total. The maximum absolute atomic E-state index is 15.2. The van der Waals surface area contributed by atoms with Gasteiger partial charge in [-0.15, -0.1) is 0 Å². The number of nitrogens with one attached hydrogen (secondary N) is 1. The number of aryl methyl sites for hydroxylation is 1. The number of hydrogen-bond acceptors (Lipinski definition) is 6. The van der Waals surface area contributed by atoms with Crippen molar-refractivity contribution in [1.29, 1.82) is 0 Å². The molecule has 0 aliphatic carbocycles. The standard InChI is InChI=1S/C27H30FN5O2.CH2O2/c1-26(2)13-18(14-27(3,4)31-26)20-7-9-33-15-21(30-25(33)29-20)24-19(28)10-17(11-22(24)34)16-6-8-32(5)23(35)12-16;2-1-3/h6-12,15,18,31,34H,13-14H2,1-5H3;1H,(H,2,3). The van der Waals surface area contributed by atoms with E-state index in [4.69, 9.17) is 14.9 Å². The van der Waals surface area contributed by atoms with E-state index >= 15 is 4.39 Å². The molecule has 1 aliphatic heterocycles. The van der Waals surface area contributed by atoms with Crippen molar-refractivity contribution >= 4 is 12.2 Å². The van der Waals surface area contributed by atoms with Gasteiger partial charge in [-0.1, -0.05) is 0 Å². The molecule has 3 aromatic heterocycles. The van der Waals surface area contributed by atoms with E-state index < -0.39 is 5.82 Å². The summed E-state index contributed by atoms with van der Waals surface area (Å²) in [7, 11) is 1.64. The molecule has 1 aromatic carbocycles. The topological polar surface area (TPSA) is 122 Å². The summed E-state index contributed by atoms with van der Waals surface area (Å²) in [5.74, 6) is -0.132. The molecule has 0 amide bonds. The minimum absolute atomic E-state index is 0.00812. The summed E-state index contributed by atoms with van der Waals surface area (Å²) in [6.45, 7) is 8.57. The van der Waals surface area contributed by atoms with Crippen LogP contribution in [0.15, 0.2) is 53.7 Å². The van der Waals surface area contributed by atoms with Crippen molar-refractivity contribution in [3.05, 3.63) is 70.8 Å². The molecule has 0 saturated carbocycles. The molecule has 0 radical (unpaired) electrons. The van der Waals surface area contributed by atoms with E-state index in [-0.39, 0.29) is 40.3 Å². The first-order valence-electron chi connectivity index (χ1n) is 12.3. The van der Waals surface area contributed by atoms with Crippen LogP contribution in [0.5, 0.6) is 5.75 Å². The average molecular weight is 522 g/mol. The van der Waals surface area contributed by atoms with Crippen molar-refractivity contribution in [2.24, 2.45) is 7.05 Å². The molecule has 1 saturated heterocycles. The lowest BCUT2D eigenvalue weighted by atomic mass is 9.74. The average Bonchev–Trinajstić information content (AvgIpc) is 3.21. The summed E-state index contributed by atoms with van der Waals surface area (Å²) >= 11 is 0. The summed E-state index contributed by atoms with van der Waals surface area (Å²) in [5, 5.41) is 21.3. The van der Waals surface area contributed by atoms with Crippen molar-refractivity contribution in [3.63, 3.8) is 0 Å². The highest BCUT2D eigenvalue weighted by molar-refractivity contribution is 5.75. The molecule has 4 aromatic rings. The zero-order chi connectivity index (χ0) is 27.8. The Labute approximate surface area is 219 Å². The second kappa shape index (κ2) is 10.0. The van der Waals surface area contributed by atoms with E-state index in [0.717, 1.165) is 18.5 Å². The van der Waals surface area contributed by atoms with Crippen LogP contribution in [0.3, 0.4) is 0 Å². The van der Waals surface area contributed by atoms with Gasteiger partial charge in [0, 0.05) is 54.4 Å². The second-order valence-corrected chi connectivity index (χ2v) is 11.0. The van der Waals surface area contributed by atoms with E-state index in [9.17, 15) is 9.90 Å². The minimum Gasteiger partial charge on any atom is -0.507 e. The van der Waals surface area contributed by atoms with Gasteiger partial charge in [-0.2, -0.15) is 0 Å². The summed E-state index contributed by atoms with van der Waals surface area (Å²) in [6.07, 6.45) is 7.06. The lowest BCUT2D eigenvalue weighted by Crippen LogP contribution is -2.57. The van der Waals surface area contributed by atoms with Crippen molar-refractivity contribution in [2.75, 3.05) is 0 Å². The number of aromatic hydroxyl groups is 1. The van der Waals surface area contributed by atoms with Gasteiger partial charge in [0.25, 0.3) is 12.0 Å². The molecule has 4 heterocycles. The van der Waals surface area contributed by atoms with Crippen LogP contribution >= 0.6 is 0 Å². The van der Waals surface area contributed by atoms with Crippen LogP contribution in [0.25, 0.3) is 28.2 Å². The molecule has 0 unspecified atom stereocenters. The van der Waals surface area contributed by atoms with Crippen molar-refractivity contribution in [1.82, 2.24) is 24.3 Å². The van der Waals surface area contributed by atoms with Crippen LogP contribution in [0.2, 0.25) is 0 Å². The molecular formula is C28H32FN5O4. The van der Waals surface area contributed by atoms with Crippen LogP contribution < -0.4 is 10.9 Å². The van der Waals surface area contributed by atoms with E-state index in [1.165, 1.54) is 22.8 Å². The smallest absolute Gasteiger partial charge is 0.290 e. The number of carbonyl (C=O) groups is 1. The third-order valence-electron chi connectivity index (χ3n) is 6.72. The molecule has 10 heteroatoms. The third-order valence-corrected chi connectivity index (χ3v) is 6.72. The number of benzene rings is 1. The summed E-state index contributed by atoms with van der Waals surface area (Å²) in [5.41, 5.74) is 1.97. The molecule has 3 N–H and O–H groups in total. The number of pyridine rings is 1. The Morgan fingerprint density at radius 1 is 1.05 bits per heavy atom.